The summed E-state index contributed by atoms with van der Waals surface area (Å²) in [6.45, 7) is 6.67. The first-order valence-electron chi connectivity index (χ1n) is 8.06. The Bertz CT molecular complexity index is 699. The van der Waals surface area contributed by atoms with Gasteiger partial charge in [0.05, 0.1) is 24.3 Å². The first-order chi connectivity index (χ1) is 11.6. The summed E-state index contributed by atoms with van der Waals surface area (Å²) in [4.78, 5) is 8.75. The number of aliphatic hydroxyl groups is 1. The van der Waals surface area contributed by atoms with Crippen LogP contribution in [0.5, 0.6) is 0 Å². The van der Waals surface area contributed by atoms with Gasteiger partial charge in [0.25, 0.3) is 0 Å². The summed E-state index contributed by atoms with van der Waals surface area (Å²) in [7, 11) is 0. The molecule has 126 valence electrons. The summed E-state index contributed by atoms with van der Waals surface area (Å²) in [5.74, 6) is 1.31. The fourth-order valence-electron chi connectivity index (χ4n) is 2.86. The molecule has 1 atom stereocenters. The van der Waals surface area contributed by atoms with Crippen molar-refractivity contribution in [2.75, 3.05) is 32.7 Å². The molecule has 1 aromatic carbocycles. The lowest BCUT2D eigenvalue weighted by Crippen LogP contribution is -2.47. The molecule has 0 bridgehead atoms. The van der Waals surface area contributed by atoms with Crippen molar-refractivity contribution in [3.63, 3.8) is 0 Å². The molecular formula is C17H21N5O2. The number of nitrogens with zero attached hydrogens (tertiary/aromatic N) is 5. The molecule has 1 fully saturated rings. The molecule has 0 aliphatic carbocycles. The molecule has 0 radical (unpaired) electrons. The van der Waals surface area contributed by atoms with Crippen LogP contribution in [0.1, 0.15) is 28.9 Å². The van der Waals surface area contributed by atoms with Gasteiger partial charge in [0.1, 0.15) is 0 Å². The molecule has 7 nitrogen and oxygen atoms in total. The van der Waals surface area contributed by atoms with Crippen molar-refractivity contribution in [2.24, 2.45) is 0 Å². The summed E-state index contributed by atoms with van der Waals surface area (Å²) < 4.78 is 5.16. The van der Waals surface area contributed by atoms with Crippen LogP contribution in [-0.2, 0) is 6.54 Å². The van der Waals surface area contributed by atoms with Gasteiger partial charge in [0.2, 0.25) is 5.89 Å². The molecule has 1 aliphatic rings. The van der Waals surface area contributed by atoms with Gasteiger partial charge in [-0.15, -0.1) is 0 Å². The molecule has 1 aliphatic heterocycles. The van der Waals surface area contributed by atoms with Crippen molar-refractivity contribution in [2.45, 2.75) is 19.6 Å². The fourth-order valence-corrected chi connectivity index (χ4v) is 2.86. The third-order valence-electron chi connectivity index (χ3n) is 4.25. The van der Waals surface area contributed by atoms with Crippen LogP contribution in [0, 0.1) is 18.3 Å². The number of aliphatic hydroxyl groups excluding tert-OH is 1. The molecule has 3 rings (SSSR count). The molecule has 2 aromatic rings. The van der Waals surface area contributed by atoms with Crippen molar-refractivity contribution in [1.29, 1.82) is 5.26 Å². The van der Waals surface area contributed by atoms with Gasteiger partial charge in [0, 0.05) is 32.7 Å². The molecule has 1 saturated heterocycles. The van der Waals surface area contributed by atoms with E-state index in [1.165, 1.54) is 0 Å². The minimum Gasteiger partial charge on any atom is -0.387 e. The molecule has 0 amide bonds. The molecule has 1 aromatic heterocycles. The molecule has 1 N–H and O–H groups in total. The highest BCUT2D eigenvalue weighted by Crippen LogP contribution is 2.16. The highest BCUT2D eigenvalue weighted by Gasteiger charge is 2.21. The number of nitriles is 1. The Morgan fingerprint density at radius 1 is 1.21 bits per heavy atom. The van der Waals surface area contributed by atoms with Crippen LogP contribution in [0.15, 0.2) is 28.8 Å². The van der Waals surface area contributed by atoms with Gasteiger partial charge in [0.15, 0.2) is 5.82 Å². The predicted octanol–water partition coefficient (Wildman–Crippen LogP) is 1.10. The van der Waals surface area contributed by atoms with E-state index in [-0.39, 0.29) is 0 Å². The van der Waals surface area contributed by atoms with Gasteiger partial charge in [-0.2, -0.15) is 10.2 Å². The van der Waals surface area contributed by atoms with E-state index < -0.39 is 6.10 Å². The normalized spacial score (nSPS) is 17.5. The molecule has 7 heteroatoms. The van der Waals surface area contributed by atoms with Crippen LogP contribution in [0.2, 0.25) is 0 Å². The Balaban J connectivity index is 1.47. The van der Waals surface area contributed by atoms with Crippen LogP contribution in [0.3, 0.4) is 0 Å². The molecule has 1 unspecified atom stereocenters. The van der Waals surface area contributed by atoms with E-state index in [1.54, 1.807) is 12.1 Å². The standard InChI is InChI=1S/C17H21N5O2/c1-13-19-17(24-20-13)12-22-8-6-21(7-9-22)11-16(23)15-4-2-14(10-18)3-5-15/h2-5,16,23H,6-9,11-12H2,1H3. The first kappa shape index (κ1) is 16.6. The Morgan fingerprint density at radius 2 is 1.88 bits per heavy atom. The summed E-state index contributed by atoms with van der Waals surface area (Å²) in [5, 5.41) is 23.0. The van der Waals surface area contributed by atoms with Crippen molar-refractivity contribution in [3.05, 3.63) is 47.1 Å². The zero-order chi connectivity index (χ0) is 16.9. The Labute approximate surface area is 141 Å². The molecular weight excluding hydrogens is 306 g/mol. The van der Waals surface area contributed by atoms with E-state index in [1.807, 2.05) is 19.1 Å². The van der Waals surface area contributed by atoms with Crippen molar-refractivity contribution < 1.29 is 9.63 Å². The maximum absolute atomic E-state index is 10.4. The van der Waals surface area contributed by atoms with Crippen LogP contribution in [0.25, 0.3) is 0 Å². The molecule has 24 heavy (non-hydrogen) atoms. The van der Waals surface area contributed by atoms with Crippen LogP contribution in [0.4, 0.5) is 0 Å². The second kappa shape index (κ2) is 7.53. The van der Waals surface area contributed by atoms with Crippen LogP contribution >= 0.6 is 0 Å². The first-order valence-corrected chi connectivity index (χ1v) is 8.06. The lowest BCUT2D eigenvalue weighted by molar-refractivity contribution is 0.0663. The lowest BCUT2D eigenvalue weighted by atomic mass is 10.1. The van der Waals surface area contributed by atoms with Crippen molar-refractivity contribution >= 4 is 0 Å². The zero-order valence-electron chi connectivity index (χ0n) is 13.7. The maximum Gasteiger partial charge on any atom is 0.240 e. The number of hydrogen-bond acceptors (Lipinski definition) is 7. The van der Waals surface area contributed by atoms with Crippen molar-refractivity contribution in [3.8, 4) is 6.07 Å². The highest BCUT2D eigenvalue weighted by atomic mass is 16.5. The summed E-state index contributed by atoms with van der Waals surface area (Å²) >= 11 is 0. The zero-order valence-corrected chi connectivity index (χ0v) is 13.7. The summed E-state index contributed by atoms with van der Waals surface area (Å²) in [5.41, 5.74) is 1.45. The number of piperazine rings is 1. The monoisotopic (exact) mass is 327 g/mol. The van der Waals surface area contributed by atoms with Crippen molar-refractivity contribution in [1.82, 2.24) is 19.9 Å². The van der Waals surface area contributed by atoms with Gasteiger partial charge in [-0.25, -0.2) is 0 Å². The van der Waals surface area contributed by atoms with Gasteiger partial charge < -0.3 is 9.63 Å². The third-order valence-corrected chi connectivity index (χ3v) is 4.25. The van der Waals surface area contributed by atoms with Gasteiger partial charge in [-0.05, 0) is 24.6 Å². The van der Waals surface area contributed by atoms with E-state index in [0.29, 0.717) is 30.4 Å². The Kier molecular flexibility index (Phi) is 5.20. The summed E-state index contributed by atoms with van der Waals surface area (Å²) in [6, 6.07) is 9.20. The average Bonchev–Trinajstić information content (AvgIpc) is 3.01. The largest absolute Gasteiger partial charge is 0.387 e. The molecule has 0 spiro atoms. The number of benzene rings is 1. The quantitative estimate of drug-likeness (QED) is 0.879. The van der Waals surface area contributed by atoms with Gasteiger partial charge >= 0.3 is 0 Å². The van der Waals surface area contributed by atoms with Gasteiger partial charge in [-0.3, -0.25) is 9.80 Å². The summed E-state index contributed by atoms with van der Waals surface area (Å²) in [6.07, 6.45) is -0.539. The topological polar surface area (TPSA) is 89.4 Å². The minimum atomic E-state index is -0.539. The molecule has 0 saturated carbocycles. The Morgan fingerprint density at radius 3 is 2.46 bits per heavy atom. The predicted molar refractivity (Wildman–Crippen MR) is 86.9 cm³/mol. The smallest absolute Gasteiger partial charge is 0.240 e. The van der Waals surface area contributed by atoms with E-state index in [4.69, 9.17) is 9.78 Å². The third kappa shape index (κ3) is 4.17. The SMILES string of the molecule is Cc1noc(CN2CCN(CC(O)c3ccc(C#N)cc3)CC2)n1. The second-order valence-electron chi connectivity index (χ2n) is 6.06. The second-order valence-corrected chi connectivity index (χ2v) is 6.06. The van der Waals surface area contributed by atoms with Gasteiger partial charge in [-0.1, -0.05) is 17.3 Å². The van der Waals surface area contributed by atoms with Crippen LogP contribution in [-0.4, -0.2) is 57.8 Å². The number of rotatable bonds is 5. The van der Waals surface area contributed by atoms with E-state index in [9.17, 15) is 5.11 Å². The minimum absolute atomic E-state index is 0.539. The van der Waals surface area contributed by atoms with Crippen LogP contribution < -0.4 is 0 Å². The van der Waals surface area contributed by atoms with E-state index in [2.05, 4.69) is 26.0 Å². The molecule has 2 heterocycles. The van der Waals surface area contributed by atoms with E-state index in [0.717, 1.165) is 31.7 Å². The number of aryl methyl sites for hydroxylation is 1. The number of hydrogen-bond donors (Lipinski definition) is 1. The Hall–Kier alpha value is -2.27. The van der Waals surface area contributed by atoms with E-state index >= 15 is 0 Å². The average molecular weight is 327 g/mol. The number of β-amino-alcohol motifs (C(OH)–C–C–N with tert-alkyl or cyclic N) is 1. The number of aromatic nitrogens is 2. The highest BCUT2D eigenvalue weighted by molar-refractivity contribution is 5.32. The maximum atomic E-state index is 10.4. The lowest BCUT2D eigenvalue weighted by Gasteiger charge is -2.34. The fraction of sp³-hybridized carbons (Fsp3) is 0.471.